The van der Waals surface area contributed by atoms with Crippen LogP contribution in [0.4, 0.5) is 4.39 Å². The molecule has 0 radical (unpaired) electrons. The number of methoxy groups -OCH3 is 1. The molecule has 6 heteroatoms. The minimum Gasteiger partial charge on any atom is -0.488 e. The van der Waals surface area contributed by atoms with Crippen molar-refractivity contribution < 1.29 is 18.7 Å². The van der Waals surface area contributed by atoms with E-state index in [9.17, 15) is 10.1 Å². The number of aldehydes is 1. The van der Waals surface area contributed by atoms with Crippen LogP contribution in [0.3, 0.4) is 0 Å². The van der Waals surface area contributed by atoms with E-state index < -0.39 is 11.7 Å². The van der Waals surface area contributed by atoms with Crippen LogP contribution in [-0.2, 0) is 9.53 Å². The largest absolute Gasteiger partial charge is 0.488 e. The molecule has 0 spiro atoms. The number of carbonyl (C=O) groups excluding carboxylic acids is 1. The van der Waals surface area contributed by atoms with E-state index in [1.165, 1.54) is 19.2 Å². The molecule has 4 nitrogen and oxygen atoms in total. The lowest BCUT2D eigenvalue weighted by Gasteiger charge is -2.16. The fourth-order valence-electron chi connectivity index (χ4n) is 3.20. The van der Waals surface area contributed by atoms with Crippen molar-refractivity contribution in [3.63, 3.8) is 0 Å². The highest BCUT2D eigenvalue weighted by Crippen LogP contribution is 2.38. The zero-order valence-corrected chi connectivity index (χ0v) is 17.0. The normalized spacial score (nSPS) is 11.5. The molecule has 0 saturated heterocycles. The number of carbonyl (C=O) groups is 1. The molecule has 3 rings (SSSR count). The van der Waals surface area contributed by atoms with Crippen LogP contribution in [-0.4, -0.2) is 26.6 Å². The summed E-state index contributed by atoms with van der Waals surface area (Å²) < 4.78 is 25.7. The third-order valence-electron chi connectivity index (χ3n) is 4.69. The molecule has 0 N–H and O–H groups in total. The van der Waals surface area contributed by atoms with Gasteiger partial charge >= 0.3 is 0 Å². The predicted molar refractivity (Wildman–Crippen MR) is 113 cm³/mol. The van der Waals surface area contributed by atoms with Crippen molar-refractivity contribution in [2.45, 2.75) is 5.92 Å². The van der Waals surface area contributed by atoms with Gasteiger partial charge in [-0.3, -0.25) is 0 Å². The Morgan fingerprint density at radius 3 is 2.53 bits per heavy atom. The summed E-state index contributed by atoms with van der Waals surface area (Å²) in [7, 11) is 1.52. The van der Waals surface area contributed by atoms with E-state index in [-0.39, 0.29) is 28.5 Å². The second kappa shape index (κ2) is 10.0. The van der Waals surface area contributed by atoms with Crippen molar-refractivity contribution >= 4 is 17.9 Å². The number of rotatable bonds is 8. The van der Waals surface area contributed by atoms with Gasteiger partial charge in [0, 0.05) is 23.3 Å². The molecule has 0 heterocycles. The fourth-order valence-corrected chi connectivity index (χ4v) is 3.41. The average molecular weight is 424 g/mol. The van der Waals surface area contributed by atoms with Crippen LogP contribution in [0.1, 0.15) is 22.6 Å². The van der Waals surface area contributed by atoms with Gasteiger partial charge < -0.3 is 14.3 Å². The number of halogens is 2. The first-order valence-corrected chi connectivity index (χ1v) is 9.63. The summed E-state index contributed by atoms with van der Waals surface area (Å²) in [5.74, 6) is -1.24. The Morgan fingerprint density at radius 2 is 1.87 bits per heavy atom. The van der Waals surface area contributed by atoms with Gasteiger partial charge in [0.1, 0.15) is 12.9 Å². The van der Waals surface area contributed by atoms with Gasteiger partial charge in [0.15, 0.2) is 11.6 Å². The van der Waals surface area contributed by atoms with Gasteiger partial charge in [0.05, 0.1) is 24.2 Å². The number of nitrogens with zero attached hydrogens (tertiary/aromatic N) is 1. The summed E-state index contributed by atoms with van der Waals surface area (Å²) in [4.78, 5) is 11.8. The third kappa shape index (κ3) is 4.51. The van der Waals surface area contributed by atoms with Gasteiger partial charge in [0.25, 0.3) is 0 Å². The van der Waals surface area contributed by atoms with Crippen molar-refractivity contribution in [3.8, 4) is 22.9 Å². The monoisotopic (exact) mass is 423 g/mol. The van der Waals surface area contributed by atoms with Crippen molar-refractivity contribution in [3.05, 3.63) is 88.2 Å². The molecule has 0 bridgehead atoms. The van der Waals surface area contributed by atoms with Crippen molar-refractivity contribution in [2.75, 3.05) is 20.3 Å². The smallest absolute Gasteiger partial charge is 0.174 e. The van der Waals surface area contributed by atoms with Crippen molar-refractivity contribution in [2.24, 2.45) is 0 Å². The van der Waals surface area contributed by atoms with E-state index in [2.05, 4.69) is 0 Å². The maximum absolute atomic E-state index is 15.3. The van der Waals surface area contributed by atoms with Crippen LogP contribution in [0.2, 0.25) is 5.02 Å². The quantitative estimate of drug-likeness (QED) is 0.361. The van der Waals surface area contributed by atoms with Gasteiger partial charge in [0.2, 0.25) is 0 Å². The minimum atomic E-state index is -0.688. The number of hydrogen-bond acceptors (Lipinski definition) is 4. The Morgan fingerprint density at radius 1 is 1.10 bits per heavy atom. The standard InChI is InChI=1S/C24H19ClFNO3/c1-29-11-12-30-22-10-8-18(14-27)23(24(22)26)19-13-17(7-9-21(19)25)20(15-28)16-5-3-2-4-6-16/h2-10,13,15,20H,11-12H2,1H3. The SMILES string of the molecule is COCCOc1ccc(C#N)c(-c2cc(C(C=O)c3ccccc3)ccc2Cl)c1F. The van der Waals surface area contributed by atoms with Crippen molar-refractivity contribution in [1.82, 2.24) is 0 Å². The maximum Gasteiger partial charge on any atom is 0.174 e. The molecule has 1 atom stereocenters. The summed E-state index contributed by atoms with van der Waals surface area (Å²) in [5, 5.41) is 9.79. The average Bonchev–Trinajstić information content (AvgIpc) is 2.77. The van der Waals surface area contributed by atoms with E-state index in [1.807, 2.05) is 36.4 Å². The molecular formula is C24H19ClFNO3. The molecule has 0 aliphatic heterocycles. The molecule has 3 aromatic rings. The molecule has 0 aliphatic rings. The van der Waals surface area contributed by atoms with Crippen molar-refractivity contribution in [1.29, 1.82) is 5.26 Å². The van der Waals surface area contributed by atoms with E-state index >= 15 is 4.39 Å². The summed E-state index contributed by atoms with van der Waals surface area (Å²) >= 11 is 6.38. The highest BCUT2D eigenvalue weighted by Gasteiger charge is 2.21. The Kier molecular flexibility index (Phi) is 7.18. The predicted octanol–water partition coefficient (Wildman–Crippen LogP) is 5.37. The van der Waals surface area contributed by atoms with Crippen LogP contribution in [0.15, 0.2) is 60.7 Å². The Balaban J connectivity index is 2.11. The summed E-state index contributed by atoms with van der Waals surface area (Å²) in [5.41, 5.74) is 1.93. The molecule has 0 aromatic heterocycles. The lowest BCUT2D eigenvalue weighted by molar-refractivity contribution is -0.108. The molecular weight excluding hydrogens is 405 g/mol. The first-order chi connectivity index (χ1) is 14.6. The van der Waals surface area contributed by atoms with E-state index in [0.29, 0.717) is 17.7 Å². The molecule has 0 aliphatic carbocycles. The highest BCUT2D eigenvalue weighted by atomic mass is 35.5. The molecule has 30 heavy (non-hydrogen) atoms. The number of nitriles is 1. The van der Waals surface area contributed by atoms with Crippen LogP contribution in [0.5, 0.6) is 5.75 Å². The first-order valence-electron chi connectivity index (χ1n) is 9.25. The van der Waals surface area contributed by atoms with Crippen LogP contribution < -0.4 is 4.74 Å². The van der Waals surface area contributed by atoms with Gasteiger partial charge in [-0.25, -0.2) is 4.39 Å². The molecule has 3 aromatic carbocycles. The second-order valence-corrected chi connectivity index (χ2v) is 6.92. The zero-order chi connectivity index (χ0) is 21.5. The lowest BCUT2D eigenvalue weighted by Crippen LogP contribution is -2.07. The Labute approximate surface area is 179 Å². The molecule has 0 amide bonds. The Hall–Kier alpha value is -3.20. The minimum absolute atomic E-state index is 0.00230. The highest BCUT2D eigenvalue weighted by molar-refractivity contribution is 6.33. The lowest BCUT2D eigenvalue weighted by atomic mass is 9.89. The van der Waals surface area contributed by atoms with Crippen LogP contribution in [0.25, 0.3) is 11.1 Å². The van der Waals surface area contributed by atoms with Gasteiger partial charge in [-0.05, 0) is 35.4 Å². The van der Waals surface area contributed by atoms with E-state index in [1.54, 1.807) is 18.2 Å². The topological polar surface area (TPSA) is 59.3 Å². The number of hydrogen-bond donors (Lipinski definition) is 0. The first kappa shape index (κ1) is 21.5. The van der Waals surface area contributed by atoms with E-state index in [0.717, 1.165) is 11.8 Å². The zero-order valence-electron chi connectivity index (χ0n) is 16.3. The maximum atomic E-state index is 15.3. The number of benzene rings is 3. The fraction of sp³-hybridized carbons (Fsp3) is 0.167. The van der Waals surface area contributed by atoms with E-state index in [4.69, 9.17) is 21.1 Å². The van der Waals surface area contributed by atoms with Gasteiger partial charge in [-0.15, -0.1) is 0 Å². The Bertz CT molecular complexity index is 1080. The van der Waals surface area contributed by atoms with Crippen LogP contribution in [0, 0.1) is 17.1 Å². The summed E-state index contributed by atoms with van der Waals surface area (Å²) in [6.45, 7) is 0.455. The third-order valence-corrected chi connectivity index (χ3v) is 5.02. The molecule has 0 saturated carbocycles. The number of ether oxygens (including phenoxy) is 2. The van der Waals surface area contributed by atoms with Crippen LogP contribution >= 0.6 is 11.6 Å². The summed E-state index contributed by atoms with van der Waals surface area (Å²) in [6.07, 6.45) is 0.828. The molecule has 1 unspecified atom stereocenters. The molecule has 152 valence electrons. The molecule has 0 fully saturated rings. The van der Waals surface area contributed by atoms with Gasteiger partial charge in [-0.2, -0.15) is 5.26 Å². The van der Waals surface area contributed by atoms with Gasteiger partial charge in [-0.1, -0.05) is 48.0 Å². The summed E-state index contributed by atoms with van der Waals surface area (Å²) in [6, 6.07) is 19.1. The second-order valence-electron chi connectivity index (χ2n) is 6.52.